The second kappa shape index (κ2) is 4.73. The minimum absolute atomic E-state index is 0.500. The van der Waals surface area contributed by atoms with Crippen LogP contribution in [0.15, 0.2) is 24.6 Å². The lowest BCUT2D eigenvalue weighted by Crippen LogP contribution is -2.41. The monoisotopic (exact) mass is 206 g/mol. The van der Waals surface area contributed by atoms with E-state index in [1.54, 1.807) is 0 Å². The Morgan fingerprint density at radius 1 is 1.47 bits per heavy atom. The summed E-state index contributed by atoms with van der Waals surface area (Å²) in [5.74, 6) is 1.41. The summed E-state index contributed by atoms with van der Waals surface area (Å²) in [7, 11) is 0. The zero-order valence-corrected chi connectivity index (χ0v) is 9.82. The lowest BCUT2D eigenvalue weighted by molar-refractivity contribution is 0.199. The van der Waals surface area contributed by atoms with Gasteiger partial charge in [0.15, 0.2) is 0 Å². The van der Waals surface area contributed by atoms with E-state index in [-0.39, 0.29) is 0 Å². The molecule has 0 aromatic carbocycles. The molecule has 2 heteroatoms. The third-order valence-electron chi connectivity index (χ3n) is 3.32. The Kier molecular flexibility index (Phi) is 3.34. The molecule has 0 saturated carbocycles. The molecule has 2 unspecified atom stereocenters. The number of nitrogens with zero attached hydrogens (tertiary/aromatic N) is 1. The van der Waals surface area contributed by atoms with Crippen molar-refractivity contribution in [3.63, 3.8) is 0 Å². The van der Waals surface area contributed by atoms with E-state index in [4.69, 9.17) is 0 Å². The minimum Gasteiger partial charge on any atom is -0.370 e. The summed E-state index contributed by atoms with van der Waals surface area (Å²) in [4.78, 5) is 2.45. The molecule has 84 valence electrons. The van der Waals surface area contributed by atoms with Gasteiger partial charge in [0.2, 0.25) is 0 Å². The molecule has 0 fully saturated rings. The fourth-order valence-corrected chi connectivity index (χ4v) is 2.48. The van der Waals surface area contributed by atoms with Gasteiger partial charge in [-0.05, 0) is 31.1 Å². The van der Waals surface area contributed by atoms with Crippen LogP contribution in [0.25, 0.3) is 0 Å². The smallest absolute Gasteiger partial charge is 0.100 e. The van der Waals surface area contributed by atoms with Crippen molar-refractivity contribution < 1.29 is 0 Å². The molecule has 2 rings (SSSR count). The van der Waals surface area contributed by atoms with Gasteiger partial charge in [0.1, 0.15) is 6.17 Å². The fourth-order valence-electron chi connectivity index (χ4n) is 2.48. The van der Waals surface area contributed by atoms with E-state index in [9.17, 15) is 0 Å². The van der Waals surface area contributed by atoms with E-state index in [2.05, 4.69) is 48.6 Å². The third-order valence-corrected chi connectivity index (χ3v) is 3.32. The van der Waals surface area contributed by atoms with Crippen LogP contribution in [-0.2, 0) is 0 Å². The van der Waals surface area contributed by atoms with Crippen LogP contribution in [0.4, 0.5) is 0 Å². The first-order valence-corrected chi connectivity index (χ1v) is 6.12. The fraction of sp³-hybridized carbons (Fsp3) is 0.692. The second-order valence-corrected chi connectivity index (χ2v) is 4.99. The van der Waals surface area contributed by atoms with E-state index in [0.29, 0.717) is 12.1 Å². The van der Waals surface area contributed by atoms with Crippen LogP contribution >= 0.6 is 0 Å². The van der Waals surface area contributed by atoms with Crippen molar-refractivity contribution >= 4 is 0 Å². The standard InChI is InChI=1S/C13H22N2/c1-11(2)13-14-8-9-15(13)10-12-6-4-3-5-7-12/h4,6,8-9,11-14H,3,5,7,10H2,1-2H3. The molecule has 15 heavy (non-hydrogen) atoms. The summed E-state index contributed by atoms with van der Waals surface area (Å²) in [5.41, 5.74) is 0. The van der Waals surface area contributed by atoms with E-state index in [1.165, 1.54) is 25.8 Å². The van der Waals surface area contributed by atoms with Gasteiger partial charge in [-0.3, -0.25) is 0 Å². The summed E-state index contributed by atoms with van der Waals surface area (Å²) < 4.78 is 0. The van der Waals surface area contributed by atoms with Gasteiger partial charge < -0.3 is 10.2 Å². The summed E-state index contributed by atoms with van der Waals surface area (Å²) >= 11 is 0. The summed E-state index contributed by atoms with van der Waals surface area (Å²) in [6, 6.07) is 0. The molecule has 0 aromatic heterocycles. The van der Waals surface area contributed by atoms with Crippen molar-refractivity contribution in [1.29, 1.82) is 0 Å². The molecule has 0 saturated heterocycles. The largest absolute Gasteiger partial charge is 0.370 e. The van der Waals surface area contributed by atoms with Gasteiger partial charge in [0, 0.05) is 18.9 Å². The molecule has 0 radical (unpaired) electrons. The van der Waals surface area contributed by atoms with E-state index >= 15 is 0 Å². The maximum Gasteiger partial charge on any atom is 0.100 e. The van der Waals surface area contributed by atoms with Crippen molar-refractivity contribution in [2.75, 3.05) is 6.54 Å². The SMILES string of the molecule is CC(C)C1NC=CN1CC1C=CCCC1. The summed E-state index contributed by atoms with van der Waals surface area (Å²) in [6.07, 6.45) is 13.5. The lowest BCUT2D eigenvalue weighted by Gasteiger charge is -2.31. The molecule has 2 aliphatic rings. The summed E-state index contributed by atoms with van der Waals surface area (Å²) in [5, 5.41) is 3.42. The Labute approximate surface area is 93.0 Å². The van der Waals surface area contributed by atoms with E-state index in [0.717, 1.165) is 5.92 Å². The average Bonchev–Trinajstić information content (AvgIpc) is 2.67. The van der Waals surface area contributed by atoms with Crippen molar-refractivity contribution in [3.05, 3.63) is 24.6 Å². The lowest BCUT2D eigenvalue weighted by atomic mass is 9.95. The van der Waals surface area contributed by atoms with E-state index in [1.807, 2.05) is 0 Å². The predicted molar refractivity (Wildman–Crippen MR) is 64.1 cm³/mol. The van der Waals surface area contributed by atoms with Crippen LogP contribution in [0, 0.1) is 11.8 Å². The molecule has 2 nitrogen and oxygen atoms in total. The molecule has 2 atom stereocenters. The number of allylic oxidation sites excluding steroid dienone is 1. The zero-order chi connectivity index (χ0) is 10.7. The van der Waals surface area contributed by atoms with Gasteiger partial charge in [-0.1, -0.05) is 26.0 Å². The number of hydrogen-bond acceptors (Lipinski definition) is 2. The van der Waals surface area contributed by atoms with Gasteiger partial charge in [0.05, 0.1) is 0 Å². The maximum atomic E-state index is 3.42. The third kappa shape index (κ3) is 2.55. The van der Waals surface area contributed by atoms with Gasteiger partial charge in [-0.25, -0.2) is 0 Å². The minimum atomic E-state index is 0.500. The first kappa shape index (κ1) is 10.6. The number of nitrogens with one attached hydrogen (secondary N) is 1. The highest BCUT2D eigenvalue weighted by atomic mass is 15.3. The molecular formula is C13H22N2. The normalized spacial score (nSPS) is 29.9. The van der Waals surface area contributed by atoms with Crippen molar-refractivity contribution in [2.24, 2.45) is 11.8 Å². The van der Waals surface area contributed by atoms with Crippen LogP contribution in [0.2, 0.25) is 0 Å². The topological polar surface area (TPSA) is 15.3 Å². The molecule has 0 amide bonds. The Morgan fingerprint density at radius 3 is 3.00 bits per heavy atom. The quantitative estimate of drug-likeness (QED) is 0.714. The van der Waals surface area contributed by atoms with Crippen LogP contribution in [0.3, 0.4) is 0 Å². The van der Waals surface area contributed by atoms with Crippen LogP contribution in [0.5, 0.6) is 0 Å². The first-order valence-electron chi connectivity index (χ1n) is 6.12. The molecule has 0 aromatic rings. The Balaban J connectivity index is 1.90. The van der Waals surface area contributed by atoms with Crippen LogP contribution in [0.1, 0.15) is 33.1 Å². The van der Waals surface area contributed by atoms with Crippen molar-refractivity contribution in [3.8, 4) is 0 Å². The summed E-state index contributed by atoms with van der Waals surface area (Å²) in [6.45, 7) is 5.71. The molecule has 1 aliphatic carbocycles. The number of hydrogen-bond donors (Lipinski definition) is 1. The van der Waals surface area contributed by atoms with Gasteiger partial charge in [-0.2, -0.15) is 0 Å². The number of rotatable bonds is 3. The van der Waals surface area contributed by atoms with Gasteiger partial charge >= 0.3 is 0 Å². The Morgan fingerprint density at radius 2 is 2.33 bits per heavy atom. The van der Waals surface area contributed by atoms with Gasteiger partial charge in [-0.15, -0.1) is 0 Å². The van der Waals surface area contributed by atoms with Crippen LogP contribution in [-0.4, -0.2) is 17.6 Å². The zero-order valence-electron chi connectivity index (χ0n) is 9.82. The Bertz CT molecular complexity index is 255. The highest BCUT2D eigenvalue weighted by molar-refractivity contribution is 5.00. The highest BCUT2D eigenvalue weighted by Gasteiger charge is 2.23. The molecule has 0 spiro atoms. The first-order chi connectivity index (χ1) is 7.27. The van der Waals surface area contributed by atoms with Crippen LogP contribution < -0.4 is 5.32 Å². The molecule has 0 bridgehead atoms. The highest BCUT2D eigenvalue weighted by Crippen LogP contribution is 2.22. The Hall–Kier alpha value is -0.920. The molecule has 1 heterocycles. The second-order valence-electron chi connectivity index (χ2n) is 4.99. The van der Waals surface area contributed by atoms with E-state index < -0.39 is 0 Å². The van der Waals surface area contributed by atoms with Gasteiger partial charge in [0.25, 0.3) is 0 Å². The predicted octanol–water partition coefficient (Wildman–Crippen LogP) is 2.70. The van der Waals surface area contributed by atoms with Crippen molar-refractivity contribution in [2.45, 2.75) is 39.3 Å². The van der Waals surface area contributed by atoms with Crippen molar-refractivity contribution in [1.82, 2.24) is 10.2 Å². The average molecular weight is 206 g/mol. The molecule has 1 aliphatic heterocycles. The maximum absolute atomic E-state index is 3.42. The molecular weight excluding hydrogens is 184 g/mol. The molecule has 1 N–H and O–H groups in total.